The molecule has 0 radical (unpaired) electrons. The Morgan fingerprint density at radius 1 is 1.08 bits per heavy atom. The summed E-state index contributed by atoms with van der Waals surface area (Å²) in [4.78, 5) is 12.4. The van der Waals surface area contributed by atoms with Gasteiger partial charge in [-0.2, -0.15) is 5.10 Å². The number of rotatable bonds is 3. The van der Waals surface area contributed by atoms with E-state index >= 15 is 0 Å². The third-order valence-electron chi connectivity index (χ3n) is 4.81. The predicted molar refractivity (Wildman–Crippen MR) is 106 cm³/mol. The van der Waals surface area contributed by atoms with Crippen LogP contribution in [0.2, 0.25) is 5.02 Å². The zero-order valence-corrected chi connectivity index (χ0v) is 15.3. The van der Waals surface area contributed by atoms with Crippen LogP contribution >= 0.6 is 11.6 Å². The molecule has 1 heterocycles. The minimum Gasteiger partial charge on any atom is -0.273 e. The number of halogens is 1. The smallest absolute Gasteiger partial charge is 0.242 e. The monoisotopic (exact) mass is 362 g/mol. The molecule has 3 aromatic carbocycles. The number of hydrogen-bond acceptors (Lipinski definition) is 2. The summed E-state index contributed by atoms with van der Waals surface area (Å²) in [5.74, 6) is 0.0285. The first-order valence-corrected chi connectivity index (χ1v) is 9.17. The van der Waals surface area contributed by atoms with Gasteiger partial charge in [0, 0.05) is 17.9 Å². The van der Waals surface area contributed by atoms with Crippen molar-refractivity contribution in [3.05, 3.63) is 82.9 Å². The van der Waals surface area contributed by atoms with E-state index in [0.717, 1.165) is 16.8 Å². The van der Waals surface area contributed by atoms with Crippen LogP contribution in [0.1, 0.15) is 36.9 Å². The van der Waals surface area contributed by atoms with Gasteiger partial charge in [0.05, 0.1) is 11.8 Å². The van der Waals surface area contributed by atoms with E-state index in [9.17, 15) is 4.79 Å². The van der Waals surface area contributed by atoms with Crippen molar-refractivity contribution >= 4 is 34.0 Å². The molecule has 4 heteroatoms. The van der Waals surface area contributed by atoms with E-state index in [1.807, 2.05) is 43.3 Å². The van der Waals surface area contributed by atoms with Crippen molar-refractivity contribution in [3.63, 3.8) is 0 Å². The van der Waals surface area contributed by atoms with Crippen LogP contribution in [-0.2, 0) is 4.79 Å². The summed E-state index contributed by atoms with van der Waals surface area (Å²) in [6, 6.07) is 22.2. The van der Waals surface area contributed by atoms with Gasteiger partial charge in [0.1, 0.15) is 0 Å². The van der Waals surface area contributed by atoms with E-state index in [4.69, 9.17) is 11.6 Å². The number of nitrogens with zero attached hydrogens (tertiary/aromatic N) is 2. The summed E-state index contributed by atoms with van der Waals surface area (Å²) in [6.45, 7) is 1.87. The van der Waals surface area contributed by atoms with Crippen LogP contribution < -0.4 is 0 Å². The molecule has 1 aliphatic heterocycles. The molecule has 0 saturated heterocycles. The van der Waals surface area contributed by atoms with Crippen molar-refractivity contribution in [3.8, 4) is 0 Å². The molecule has 1 aliphatic rings. The van der Waals surface area contributed by atoms with Gasteiger partial charge in [0.15, 0.2) is 0 Å². The van der Waals surface area contributed by atoms with E-state index in [1.165, 1.54) is 10.8 Å². The summed E-state index contributed by atoms with van der Waals surface area (Å²) in [7, 11) is 0. The largest absolute Gasteiger partial charge is 0.273 e. The second-order valence-electron chi connectivity index (χ2n) is 6.47. The van der Waals surface area contributed by atoms with Gasteiger partial charge in [0.25, 0.3) is 0 Å². The highest BCUT2D eigenvalue weighted by molar-refractivity contribution is 6.30. The molecule has 0 aliphatic carbocycles. The Kier molecular flexibility index (Phi) is 4.48. The average molecular weight is 363 g/mol. The second kappa shape index (κ2) is 6.93. The Morgan fingerprint density at radius 3 is 2.54 bits per heavy atom. The summed E-state index contributed by atoms with van der Waals surface area (Å²) >= 11 is 6.02. The number of fused-ring (bicyclic) bond motifs is 1. The molecule has 4 rings (SSSR count). The van der Waals surface area contributed by atoms with E-state index in [-0.39, 0.29) is 11.9 Å². The second-order valence-corrected chi connectivity index (χ2v) is 6.91. The maximum atomic E-state index is 12.4. The zero-order chi connectivity index (χ0) is 18.1. The third kappa shape index (κ3) is 3.11. The topological polar surface area (TPSA) is 32.7 Å². The van der Waals surface area contributed by atoms with E-state index in [2.05, 4.69) is 35.4 Å². The van der Waals surface area contributed by atoms with Gasteiger partial charge in [-0.15, -0.1) is 0 Å². The van der Waals surface area contributed by atoms with E-state index in [1.54, 1.807) is 5.01 Å². The van der Waals surface area contributed by atoms with Crippen LogP contribution in [0, 0.1) is 0 Å². The molecule has 1 atom stereocenters. The van der Waals surface area contributed by atoms with Crippen LogP contribution in [0.3, 0.4) is 0 Å². The summed E-state index contributed by atoms with van der Waals surface area (Å²) in [6.07, 6.45) is 1.13. The molecule has 3 aromatic rings. The minimum atomic E-state index is -0.0822. The van der Waals surface area contributed by atoms with Crippen molar-refractivity contribution in [2.75, 3.05) is 0 Å². The van der Waals surface area contributed by atoms with Crippen molar-refractivity contribution in [1.82, 2.24) is 5.01 Å². The van der Waals surface area contributed by atoms with Crippen LogP contribution in [0.15, 0.2) is 71.8 Å². The number of hydrazone groups is 1. The summed E-state index contributed by atoms with van der Waals surface area (Å²) < 4.78 is 0. The Morgan fingerprint density at radius 2 is 1.81 bits per heavy atom. The Bertz CT molecular complexity index is 994. The van der Waals surface area contributed by atoms with Crippen molar-refractivity contribution in [1.29, 1.82) is 0 Å². The van der Waals surface area contributed by atoms with Crippen LogP contribution in [-0.4, -0.2) is 16.6 Å². The SMILES string of the molecule is CCC(=O)N1N=C(c2ccc3ccccc3c2)CC1c1ccc(Cl)cc1. The molecule has 0 N–H and O–H groups in total. The van der Waals surface area contributed by atoms with Gasteiger partial charge in [-0.25, -0.2) is 5.01 Å². The molecule has 26 heavy (non-hydrogen) atoms. The first kappa shape index (κ1) is 16.8. The maximum Gasteiger partial charge on any atom is 0.242 e. The highest BCUT2D eigenvalue weighted by Gasteiger charge is 2.32. The van der Waals surface area contributed by atoms with Gasteiger partial charge >= 0.3 is 0 Å². The number of amides is 1. The van der Waals surface area contributed by atoms with E-state index in [0.29, 0.717) is 17.9 Å². The lowest BCUT2D eigenvalue weighted by molar-refractivity contribution is -0.132. The Labute approximate surface area is 157 Å². The van der Waals surface area contributed by atoms with Crippen LogP contribution in [0.5, 0.6) is 0 Å². The highest BCUT2D eigenvalue weighted by atomic mass is 35.5. The van der Waals surface area contributed by atoms with Gasteiger partial charge in [-0.3, -0.25) is 4.79 Å². The van der Waals surface area contributed by atoms with Crippen molar-refractivity contribution < 1.29 is 4.79 Å². The molecular formula is C22H19ClN2O. The quantitative estimate of drug-likeness (QED) is 0.598. The fourth-order valence-corrected chi connectivity index (χ4v) is 3.52. The summed E-state index contributed by atoms with van der Waals surface area (Å²) in [5, 5.41) is 9.38. The molecule has 0 spiro atoms. The molecule has 1 amide bonds. The predicted octanol–water partition coefficient (Wildman–Crippen LogP) is 5.58. The summed E-state index contributed by atoms with van der Waals surface area (Å²) in [5.41, 5.74) is 3.06. The Balaban J connectivity index is 1.71. The fourth-order valence-electron chi connectivity index (χ4n) is 3.39. The molecule has 0 bridgehead atoms. The van der Waals surface area contributed by atoms with Crippen molar-refractivity contribution in [2.24, 2.45) is 5.10 Å². The molecule has 0 saturated carbocycles. The standard InChI is InChI=1S/C22H19ClN2O/c1-2-22(26)25-21(16-9-11-19(23)12-10-16)14-20(24-25)18-8-7-15-5-3-4-6-17(15)13-18/h3-13,21H,2,14H2,1H3. The van der Waals surface area contributed by atoms with E-state index < -0.39 is 0 Å². The lowest BCUT2D eigenvalue weighted by Crippen LogP contribution is -2.26. The van der Waals surface area contributed by atoms with Gasteiger partial charge in [-0.1, -0.05) is 67.1 Å². The number of carbonyl (C=O) groups is 1. The number of carbonyl (C=O) groups excluding carboxylic acids is 1. The lowest BCUT2D eigenvalue weighted by Gasteiger charge is -2.21. The first-order chi connectivity index (χ1) is 12.7. The lowest BCUT2D eigenvalue weighted by atomic mass is 9.97. The Hall–Kier alpha value is -2.65. The van der Waals surface area contributed by atoms with Crippen LogP contribution in [0.4, 0.5) is 0 Å². The number of benzene rings is 3. The van der Waals surface area contributed by atoms with Gasteiger partial charge in [0.2, 0.25) is 5.91 Å². The molecule has 1 unspecified atom stereocenters. The maximum absolute atomic E-state index is 12.4. The third-order valence-corrected chi connectivity index (χ3v) is 5.06. The highest BCUT2D eigenvalue weighted by Crippen LogP contribution is 2.34. The molecule has 130 valence electrons. The molecule has 3 nitrogen and oxygen atoms in total. The normalized spacial score (nSPS) is 16.8. The molecule has 0 fully saturated rings. The fraction of sp³-hybridized carbons (Fsp3) is 0.182. The minimum absolute atomic E-state index is 0.0285. The average Bonchev–Trinajstić information content (AvgIpc) is 3.13. The van der Waals surface area contributed by atoms with Crippen molar-refractivity contribution in [2.45, 2.75) is 25.8 Å². The van der Waals surface area contributed by atoms with Gasteiger partial charge in [-0.05, 0) is 40.1 Å². The van der Waals surface area contributed by atoms with Gasteiger partial charge < -0.3 is 0 Å². The molecule has 0 aromatic heterocycles. The zero-order valence-electron chi connectivity index (χ0n) is 14.5. The number of hydrogen-bond donors (Lipinski definition) is 0. The molecular weight excluding hydrogens is 344 g/mol. The first-order valence-electron chi connectivity index (χ1n) is 8.80. The van der Waals surface area contributed by atoms with Crippen LogP contribution in [0.25, 0.3) is 10.8 Å².